The summed E-state index contributed by atoms with van der Waals surface area (Å²) in [6.45, 7) is 2.80. The normalized spacial score (nSPS) is 10.4. The quantitative estimate of drug-likeness (QED) is 0.355. The number of hydrogen-bond donors (Lipinski definition) is 4. The summed E-state index contributed by atoms with van der Waals surface area (Å²) in [6.07, 6.45) is 1.10. The molecule has 0 aliphatic rings. The fraction of sp³-hybridized carbons (Fsp3) is 0.455. The van der Waals surface area contributed by atoms with E-state index in [0.29, 0.717) is 5.46 Å². The van der Waals surface area contributed by atoms with Crippen LogP contribution >= 0.6 is 0 Å². The van der Waals surface area contributed by atoms with E-state index in [0.717, 1.165) is 31.6 Å². The molecule has 88 valence electrons. The maximum atomic E-state index is 8.92. The lowest BCUT2D eigenvalue weighted by molar-refractivity contribution is 0.426. The van der Waals surface area contributed by atoms with Crippen molar-refractivity contribution >= 4 is 12.6 Å². The van der Waals surface area contributed by atoms with Crippen LogP contribution in [-0.4, -0.2) is 37.3 Å². The van der Waals surface area contributed by atoms with Crippen LogP contribution in [-0.2, 0) is 6.54 Å². The molecule has 0 heterocycles. The molecule has 0 unspecified atom stereocenters. The summed E-state index contributed by atoms with van der Waals surface area (Å²) in [4.78, 5) is 0. The zero-order valence-corrected chi connectivity index (χ0v) is 9.61. The zero-order chi connectivity index (χ0) is 11.8. The minimum atomic E-state index is -1.38. The highest BCUT2D eigenvalue weighted by Crippen LogP contribution is 1.96. The van der Waals surface area contributed by atoms with Crippen molar-refractivity contribution in [3.05, 3.63) is 29.8 Å². The summed E-state index contributed by atoms with van der Waals surface area (Å²) < 4.78 is 0. The Morgan fingerprint density at radius 3 is 2.38 bits per heavy atom. The van der Waals surface area contributed by atoms with Gasteiger partial charge in [-0.05, 0) is 37.6 Å². The van der Waals surface area contributed by atoms with Crippen LogP contribution in [0.5, 0.6) is 0 Å². The van der Waals surface area contributed by atoms with E-state index in [-0.39, 0.29) is 0 Å². The largest absolute Gasteiger partial charge is 0.488 e. The zero-order valence-electron chi connectivity index (χ0n) is 9.61. The van der Waals surface area contributed by atoms with Crippen molar-refractivity contribution in [3.63, 3.8) is 0 Å². The average molecular weight is 222 g/mol. The summed E-state index contributed by atoms with van der Waals surface area (Å²) in [7, 11) is 0.566. The Hall–Kier alpha value is -0.875. The smallest absolute Gasteiger partial charge is 0.423 e. The Kier molecular flexibility index (Phi) is 6.11. The van der Waals surface area contributed by atoms with Crippen LogP contribution in [0.1, 0.15) is 12.0 Å². The lowest BCUT2D eigenvalue weighted by Crippen LogP contribution is -2.29. The van der Waals surface area contributed by atoms with Crippen molar-refractivity contribution in [1.82, 2.24) is 10.6 Å². The summed E-state index contributed by atoms with van der Waals surface area (Å²) in [5.74, 6) is 0. The first-order valence-corrected chi connectivity index (χ1v) is 5.54. The summed E-state index contributed by atoms with van der Waals surface area (Å²) in [5.41, 5.74) is 1.67. The molecule has 16 heavy (non-hydrogen) atoms. The molecule has 0 saturated carbocycles. The van der Waals surface area contributed by atoms with E-state index >= 15 is 0 Å². The van der Waals surface area contributed by atoms with Crippen molar-refractivity contribution < 1.29 is 10.0 Å². The molecule has 0 spiro atoms. The van der Waals surface area contributed by atoms with Gasteiger partial charge in [-0.15, -0.1) is 0 Å². The molecule has 4 nitrogen and oxygen atoms in total. The molecular weight excluding hydrogens is 203 g/mol. The highest BCUT2D eigenvalue weighted by atomic mass is 16.4. The molecule has 0 bridgehead atoms. The van der Waals surface area contributed by atoms with Gasteiger partial charge in [-0.1, -0.05) is 24.3 Å². The molecule has 1 aromatic rings. The first kappa shape index (κ1) is 13.2. The summed E-state index contributed by atoms with van der Waals surface area (Å²) >= 11 is 0. The maximum Gasteiger partial charge on any atom is 0.488 e. The molecule has 1 aromatic carbocycles. The molecule has 0 aliphatic carbocycles. The van der Waals surface area contributed by atoms with Gasteiger partial charge < -0.3 is 20.7 Å². The van der Waals surface area contributed by atoms with E-state index in [2.05, 4.69) is 10.6 Å². The van der Waals surface area contributed by atoms with Crippen LogP contribution in [0.2, 0.25) is 0 Å². The number of benzene rings is 1. The summed E-state index contributed by atoms with van der Waals surface area (Å²) in [5, 5.41) is 24.3. The Bertz CT molecular complexity index is 291. The number of nitrogens with one attached hydrogen (secondary N) is 2. The Labute approximate surface area is 96.8 Å². The van der Waals surface area contributed by atoms with Gasteiger partial charge in [-0.2, -0.15) is 0 Å². The van der Waals surface area contributed by atoms with E-state index in [1.165, 1.54) is 0 Å². The molecule has 0 fully saturated rings. The van der Waals surface area contributed by atoms with E-state index in [4.69, 9.17) is 10.0 Å². The Morgan fingerprint density at radius 2 is 1.81 bits per heavy atom. The van der Waals surface area contributed by atoms with Crippen LogP contribution in [0.25, 0.3) is 0 Å². The fourth-order valence-electron chi connectivity index (χ4n) is 1.43. The SMILES string of the molecule is CNCCCNCc1ccc(B(O)O)cc1. The third-order valence-corrected chi connectivity index (χ3v) is 2.39. The third kappa shape index (κ3) is 4.76. The van der Waals surface area contributed by atoms with Crippen LogP contribution in [0, 0.1) is 0 Å². The van der Waals surface area contributed by atoms with Crippen molar-refractivity contribution in [2.75, 3.05) is 20.1 Å². The predicted molar refractivity (Wildman–Crippen MR) is 66.5 cm³/mol. The second kappa shape index (κ2) is 7.41. The van der Waals surface area contributed by atoms with Crippen LogP contribution < -0.4 is 16.1 Å². The second-order valence-corrected chi connectivity index (χ2v) is 3.75. The molecule has 0 aliphatic heterocycles. The van der Waals surface area contributed by atoms with E-state index in [1.807, 2.05) is 19.2 Å². The Morgan fingerprint density at radius 1 is 1.12 bits per heavy atom. The van der Waals surface area contributed by atoms with Crippen molar-refractivity contribution in [1.29, 1.82) is 0 Å². The molecule has 1 rings (SSSR count). The molecule has 5 heteroatoms. The van der Waals surface area contributed by atoms with E-state index in [9.17, 15) is 0 Å². The van der Waals surface area contributed by atoms with Crippen LogP contribution in [0.4, 0.5) is 0 Å². The topological polar surface area (TPSA) is 64.5 Å². The number of rotatable bonds is 7. The lowest BCUT2D eigenvalue weighted by atomic mass is 9.80. The van der Waals surface area contributed by atoms with E-state index < -0.39 is 7.12 Å². The second-order valence-electron chi connectivity index (χ2n) is 3.75. The molecule has 0 amide bonds. The molecule has 0 saturated heterocycles. The lowest BCUT2D eigenvalue weighted by Gasteiger charge is -2.05. The third-order valence-electron chi connectivity index (χ3n) is 2.39. The first-order valence-electron chi connectivity index (χ1n) is 5.54. The average Bonchev–Trinajstić information content (AvgIpc) is 2.29. The minimum Gasteiger partial charge on any atom is -0.423 e. The summed E-state index contributed by atoms with van der Waals surface area (Å²) in [6, 6.07) is 7.27. The van der Waals surface area contributed by atoms with Gasteiger partial charge in [-0.25, -0.2) is 0 Å². The van der Waals surface area contributed by atoms with Gasteiger partial charge in [0.15, 0.2) is 0 Å². The van der Waals surface area contributed by atoms with Gasteiger partial charge in [0.1, 0.15) is 0 Å². The Balaban J connectivity index is 2.27. The first-order chi connectivity index (χ1) is 7.74. The predicted octanol–water partition coefficient (Wildman–Crippen LogP) is -0.934. The molecule has 4 N–H and O–H groups in total. The fourth-order valence-corrected chi connectivity index (χ4v) is 1.43. The standard InChI is InChI=1S/C11H19BN2O2/c1-13-7-2-8-14-9-10-3-5-11(6-4-10)12(15)16/h3-6,13-16H,2,7-9H2,1H3. The van der Waals surface area contributed by atoms with Crippen LogP contribution in [0.15, 0.2) is 24.3 Å². The van der Waals surface area contributed by atoms with Gasteiger partial charge in [-0.3, -0.25) is 0 Å². The van der Waals surface area contributed by atoms with Crippen molar-refractivity contribution in [3.8, 4) is 0 Å². The monoisotopic (exact) mass is 222 g/mol. The van der Waals surface area contributed by atoms with Crippen molar-refractivity contribution in [2.24, 2.45) is 0 Å². The minimum absolute atomic E-state index is 0.527. The highest BCUT2D eigenvalue weighted by Gasteiger charge is 2.09. The molecular formula is C11H19BN2O2. The maximum absolute atomic E-state index is 8.92. The van der Waals surface area contributed by atoms with E-state index in [1.54, 1.807) is 12.1 Å². The number of hydrogen-bond acceptors (Lipinski definition) is 4. The van der Waals surface area contributed by atoms with Crippen LogP contribution in [0.3, 0.4) is 0 Å². The van der Waals surface area contributed by atoms with Gasteiger partial charge in [0, 0.05) is 6.54 Å². The van der Waals surface area contributed by atoms with Crippen molar-refractivity contribution in [2.45, 2.75) is 13.0 Å². The van der Waals surface area contributed by atoms with Gasteiger partial charge in [0.05, 0.1) is 0 Å². The van der Waals surface area contributed by atoms with Gasteiger partial charge in [0.2, 0.25) is 0 Å². The van der Waals surface area contributed by atoms with Gasteiger partial charge in [0.25, 0.3) is 0 Å². The highest BCUT2D eigenvalue weighted by molar-refractivity contribution is 6.58. The molecule has 0 radical (unpaired) electrons. The molecule has 0 aromatic heterocycles. The van der Waals surface area contributed by atoms with Gasteiger partial charge >= 0.3 is 7.12 Å². The molecule has 0 atom stereocenters.